The van der Waals surface area contributed by atoms with Crippen LogP contribution >= 0.6 is 12.6 Å². The first-order valence-electron chi connectivity index (χ1n) is 4.71. The first-order valence-corrected chi connectivity index (χ1v) is 5.34. The van der Waals surface area contributed by atoms with Gasteiger partial charge in [0.2, 0.25) is 0 Å². The fraction of sp³-hybridized carbons (Fsp3) is 1.00. The number of likely N-dealkylation sites (tertiary alicyclic amines) is 1. The molecule has 1 saturated heterocycles. The van der Waals surface area contributed by atoms with Gasteiger partial charge in [0.05, 0.1) is 26.7 Å². The van der Waals surface area contributed by atoms with Gasteiger partial charge in [-0.3, -0.25) is 0 Å². The smallest absolute Gasteiger partial charge is 0.0786 e. The van der Waals surface area contributed by atoms with Crippen LogP contribution in [0.4, 0.5) is 0 Å². The van der Waals surface area contributed by atoms with Gasteiger partial charge in [-0.15, -0.1) is 0 Å². The average molecular weight is 254 g/mol. The summed E-state index contributed by atoms with van der Waals surface area (Å²) in [6.45, 7) is 4.19. The molecule has 3 heteroatoms. The van der Waals surface area contributed by atoms with E-state index in [1.165, 1.54) is 49.8 Å². The van der Waals surface area contributed by atoms with E-state index in [1.807, 2.05) is 0 Å². The molecule has 0 unspecified atom stereocenters. The molecule has 0 aliphatic carbocycles. The Morgan fingerprint density at radius 1 is 1.17 bits per heavy atom. The molecule has 0 saturated carbocycles. The summed E-state index contributed by atoms with van der Waals surface area (Å²) >= 11 is 4.22. The molecule has 0 spiro atoms. The Hall–Kier alpha value is 0.790. The van der Waals surface area contributed by atoms with E-state index in [4.69, 9.17) is 0 Å². The van der Waals surface area contributed by atoms with Crippen molar-refractivity contribution >= 4 is 12.6 Å². The molecular weight excluding hydrogens is 234 g/mol. The fourth-order valence-electron chi connectivity index (χ4n) is 1.93. The molecule has 1 nitrogen and oxygen atoms in total. The zero-order chi connectivity index (χ0) is 8.16. The molecule has 1 aliphatic rings. The molecule has 1 aliphatic heterocycles. The quantitative estimate of drug-likeness (QED) is 0.369. The molecule has 0 N–H and O–H groups in total. The molecule has 0 bridgehead atoms. The van der Waals surface area contributed by atoms with E-state index in [2.05, 4.69) is 19.7 Å². The van der Waals surface area contributed by atoms with Crippen LogP contribution in [0.15, 0.2) is 0 Å². The fourth-order valence-corrected chi connectivity index (χ4v) is 2.15. The molecule has 74 valence electrons. The van der Waals surface area contributed by atoms with Crippen LogP contribution in [0.1, 0.15) is 25.7 Å². The van der Waals surface area contributed by atoms with Gasteiger partial charge in [0.1, 0.15) is 0 Å². The van der Waals surface area contributed by atoms with Crippen molar-refractivity contribution in [2.45, 2.75) is 25.7 Å². The number of nitrogens with zero attached hydrogens (tertiary/aromatic N) is 1. The van der Waals surface area contributed by atoms with Crippen LogP contribution in [0.3, 0.4) is 0 Å². The molecule has 0 aromatic heterocycles. The van der Waals surface area contributed by atoms with E-state index in [1.54, 1.807) is 0 Å². The van der Waals surface area contributed by atoms with Crippen molar-refractivity contribution in [3.05, 3.63) is 0 Å². The number of rotatable bonds is 4. The standard InChI is InChI=1S/C9H19NS.BrH/c1-10(6-2-3-7-10)8-4-5-9-11;/h2-9H2,1H3;1H. The highest BCUT2D eigenvalue weighted by Gasteiger charge is 2.25. The van der Waals surface area contributed by atoms with E-state index < -0.39 is 0 Å². The monoisotopic (exact) mass is 253 g/mol. The van der Waals surface area contributed by atoms with Crippen molar-refractivity contribution in [2.75, 3.05) is 32.4 Å². The van der Waals surface area contributed by atoms with Gasteiger partial charge in [-0.25, -0.2) is 0 Å². The maximum absolute atomic E-state index is 4.22. The molecule has 12 heavy (non-hydrogen) atoms. The lowest BCUT2D eigenvalue weighted by atomic mass is 10.3. The van der Waals surface area contributed by atoms with Crippen molar-refractivity contribution < 1.29 is 21.5 Å². The van der Waals surface area contributed by atoms with Crippen molar-refractivity contribution in [1.82, 2.24) is 0 Å². The summed E-state index contributed by atoms with van der Waals surface area (Å²) in [6, 6.07) is 0. The molecular formula is C9H20BrNS. The molecule has 0 amide bonds. The number of thiol groups is 1. The minimum absolute atomic E-state index is 0. The van der Waals surface area contributed by atoms with E-state index >= 15 is 0 Å². The number of unbranched alkanes of at least 4 members (excludes halogenated alkanes) is 1. The lowest BCUT2D eigenvalue weighted by molar-refractivity contribution is -0.897. The molecule has 1 rings (SSSR count). The first-order chi connectivity index (χ1) is 5.27. The lowest BCUT2D eigenvalue weighted by Crippen LogP contribution is -3.00. The minimum Gasteiger partial charge on any atom is -1.00 e. The van der Waals surface area contributed by atoms with Crippen LogP contribution in [-0.4, -0.2) is 36.9 Å². The third kappa shape index (κ3) is 4.15. The Labute approximate surface area is 92.3 Å². The van der Waals surface area contributed by atoms with Crippen LogP contribution in [-0.2, 0) is 0 Å². The van der Waals surface area contributed by atoms with E-state index in [-0.39, 0.29) is 17.0 Å². The van der Waals surface area contributed by atoms with E-state index in [9.17, 15) is 0 Å². The van der Waals surface area contributed by atoms with Gasteiger partial charge in [0.15, 0.2) is 0 Å². The second kappa shape index (κ2) is 6.28. The van der Waals surface area contributed by atoms with Crippen LogP contribution in [0, 0.1) is 0 Å². The topological polar surface area (TPSA) is 0 Å². The SMILES string of the molecule is C[N+]1(CCCCS)CCCC1.[Br-]. The lowest BCUT2D eigenvalue weighted by Gasteiger charge is -2.28. The maximum Gasteiger partial charge on any atom is 0.0786 e. The highest BCUT2D eigenvalue weighted by Crippen LogP contribution is 2.17. The van der Waals surface area contributed by atoms with Crippen molar-refractivity contribution in [3.8, 4) is 0 Å². The van der Waals surface area contributed by atoms with Crippen molar-refractivity contribution in [2.24, 2.45) is 0 Å². The molecule has 1 heterocycles. The second-order valence-electron chi connectivity index (χ2n) is 3.93. The molecule has 0 aromatic rings. The zero-order valence-corrected chi connectivity index (χ0v) is 10.4. The Bertz CT molecular complexity index is 113. The van der Waals surface area contributed by atoms with Crippen molar-refractivity contribution in [1.29, 1.82) is 0 Å². The van der Waals surface area contributed by atoms with Crippen molar-refractivity contribution in [3.63, 3.8) is 0 Å². The summed E-state index contributed by atoms with van der Waals surface area (Å²) < 4.78 is 1.33. The van der Waals surface area contributed by atoms with Gasteiger partial charge in [-0.1, -0.05) is 0 Å². The van der Waals surface area contributed by atoms with Gasteiger partial charge < -0.3 is 21.5 Å². The first kappa shape index (κ1) is 12.8. The van der Waals surface area contributed by atoms with Gasteiger partial charge in [-0.05, 0) is 18.6 Å². The Morgan fingerprint density at radius 3 is 2.25 bits per heavy atom. The molecule has 0 aromatic carbocycles. The van der Waals surface area contributed by atoms with Crippen LogP contribution in [0.2, 0.25) is 0 Å². The number of hydrogen-bond acceptors (Lipinski definition) is 1. The minimum atomic E-state index is 0. The predicted molar refractivity (Wildman–Crippen MR) is 53.1 cm³/mol. The Balaban J connectivity index is 0.00000121. The molecule has 1 fully saturated rings. The maximum atomic E-state index is 4.22. The van der Waals surface area contributed by atoms with Gasteiger partial charge in [0.25, 0.3) is 0 Å². The highest BCUT2D eigenvalue weighted by molar-refractivity contribution is 7.80. The van der Waals surface area contributed by atoms with Crippen LogP contribution in [0.25, 0.3) is 0 Å². The zero-order valence-electron chi connectivity index (χ0n) is 7.93. The number of quaternary nitrogens is 1. The van der Waals surface area contributed by atoms with E-state index in [0.29, 0.717) is 0 Å². The Morgan fingerprint density at radius 2 is 1.75 bits per heavy atom. The largest absolute Gasteiger partial charge is 1.00 e. The predicted octanol–water partition coefficient (Wildman–Crippen LogP) is -1.06. The summed E-state index contributed by atoms with van der Waals surface area (Å²) in [4.78, 5) is 0. The number of halogens is 1. The summed E-state index contributed by atoms with van der Waals surface area (Å²) in [5.74, 6) is 1.06. The Kier molecular flexibility index (Phi) is 6.69. The number of hydrogen-bond donors (Lipinski definition) is 1. The third-order valence-corrected chi connectivity index (χ3v) is 3.07. The highest BCUT2D eigenvalue weighted by atomic mass is 79.9. The van der Waals surface area contributed by atoms with E-state index in [0.717, 1.165) is 5.75 Å². The van der Waals surface area contributed by atoms with Gasteiger partial charge >= 0.3 is 0 Å². The normalized spacial score (nSPS) is 20.5. The summed E-state index contributed by atoms with van der Waals surface area (Å²) in [6.07, 6.45) is 5.53. The summed E-state index contributed by atoms with van der Waals surface area (Å²) in [5.41, 5.74) is 0. The van der Waals surface area contributed by atoms with Gasteiger partial charge in [-0.2, -0.15) is 12.6 Å². The second-order valence-corrected chi connectivity index (χ2v) is 4.38. The third-order valence-electron chi connectivity index (χ3n) is 2.75. The van der Waals surface area contributed by atoms with Gasteiger partial charge in [0, 0.05) is 12.8 Å². The molecule has 0 radical (unpaired) electrons. The van der Waals surface area contributed by atoms with Crippen LogP contribution < -0.4 is 17.0 Å². The van der Waals surface area contributed by atoms with Crippen LogP contribution in [0.5, 0.6) is 0 Å². The molecule has 0 atom stereocenters. The summed E-state index contributed by atoms with van der Waals surface area (Å²) in [5, 5.41) is 0. The summed E-state index contributed by atoms with van der Waals surface area (Å²) in [7, 11) is 2.39. The average Bonchev–Trinajstić information content (AvgIpc) is 2.38.